The summed E-state index contributed by atoms with van der Waals surface area (Å²) in [5.74, 6) is 4.56. The van der Waals surface area contributed by atoms with Crippen LogP contribution in [0.4, 0.5) is 0 Å². The molecule has 0 bridgehead atoms. The molecule has 0 aliphatic carbocycles. The Labute approximate surface area is 85.7 Å². The molecule has 1 unspecified atom stereocenters. The van der Waals surface area contributed by atoms with Crippen molar-refractivity contribution in [3.63, 3.8) is 0 Å². The molecule has 1 aromatic rings. The van der Waals surface area contributed by atoms with E-state index in [1.54, 1.807) is 0 Å². The Balaban J connectivity index is 3.52. The van der Waals surface area contributed by atoms with Crippen LogP contribution in [0.1, 0.15) is 0 Å². The zero-order chi connectivity index (χ0) is 11.7. The summed E-state index contributed by atoms with van der Waals surface area (Å²) < 4.78 is 45.5. The largest absolute Gasteiger partial charge is 0.376 e. The maximum atomic E-state index is 11.3. The second kappa shape index (κ2) is 4.01. The van der Waals surface area contributed by atoms with Crippen molar-refractivity contribution >= 4 is 23.0 Å². The van der Waals surface area contributed by atoms with Gasteiger partial charge in [-0.2, -0.15) is 8.42 Å². The van der Waals surface area contributed by atoms with Gasteiger partial charge in [0, 0.05) is 0 Å². The van der Waals surface area contributed by atoms with E-state index in [1.165, 1.54) is 12.1 Å². The first-order chi connectivity index (χ1) is 6.79. The molecule has 0 heterocycles. The highest BCUT2D eigenvalue weighted by Gasteiger charge is 2.29. The molecule has 15 heavy (non-hydrogen) atoms. The van der Waals surface area contributed by atoms with E-state index in [-0.39, 0.29) is 0 Å². The van der Waals surface area contributed by atoms with Crippen LogP contribution in [-0.4, -0.2) is 17.9 Å². The Morgan fingerprint density at radius 1 is 1.33 bits per heavy atom. The van der Waals surface area contributed by atoms with Crippen LogP contribution in [0.3, 0.4) is 0 Å². The summed E-state index contributed by atoms with van der Waals surface area (Å²) in [7, 11) is -9.02. The maximum absolute atomic E-state index is 11.3. The standard InChI is InChI=1S/C6H8NO6PS/c7-13-14(8,9)5-3-1-2-4-6(5)15(10,11)12/h1-4H,7H2,(H,8,9)(H,10,11,12). The minimum absolute atomic E-state index is 0.574. The Morgan fingerprint density at radius 3 is 2.33 bits per heavy atom. The second-order valence-electron chi connectivity index (χ2n) is 2.57. The van der Waals surface area contributed by atoms with Gasteiger partial charge in [-0.3, -0.25) is 9.12 Å². The first kappa shape index (κ1) is 12.3. The van der Waals surface area contributed by atoms with Crippen molar-refractivity contribution in [2.24, 2.45) is 5.90 Å². The van der Waals surface area contributed by atoms with Crippen LogP contribution in [-0.2, 0) is 19.3 Å². The summed E-state index contributed by atoms with van der Waals surface area (Å²) in [5.41, 5.74) is 0. The molecule has 0 fully saturated rings. The summed E-state index contributed by atoms with van der Waals surface area (Å²) in [6.45, 7) is 0. The second-order valence-corrected chi connectivity index (χ2v) is 5.69. The lowest BCUT2D eigenvalue weighted by Gasteiger charge is -2.10. The molecule has 84 valence electrons. The number of hydrogen-bond acceptors (Lipinski definition) is 5. The number of rotatable bonds is 3. The summed E-state index contributed by atoms with van der Waals surface area (Å²) in [6, 6.07) is 4.58. The molecule has 1 aromatic carbocycles. The Kier molecular flexibility index (Phi) is 3.29. The lowest BCUT2D eigenvalue weighted by Crippen LogP contribution is -2.18. The number of nitrogens with two attached hydrogens (primary N) is 1. The fourth-order valence-corrected chi connectivity index (χ4v) is 2.98. The van der Waals surface area contributed by atoms with Gasteiger partial charge in [0.2, 0.25) is 0 Å². The molecule has 0 aliphatic rings. The molecule has 0 saturated heterocycles. The molecule has 9 heteroatoms. The van der Waals surface area contributed by atoms with Crippen molar-refractivity contribution in [3.8, 4) is 0 Å². The Morgan fingerprint density at radius 2 is 1.87 bits per heavy atom. The monoisotopic (exact) mass is 253 g/mol. The molecular weight excluding hydrogens is 245 g/mol. The van der Waals surface area contributed by atoms with Crippen LogP contribution in [0.2, 0.25) is 0 Å². The van der Waals surface area contributed by atoms with E-state index in [1.807, 2.05) is 0 Å². The topological polar surface area (TPSA) is 127 Å². The van der Waals surface area contributed by atoms with E-state index in [0.29, 0.717) is 0 Å². The Bertz CT molecular complexity index is 512. The third kappa shape index (κ3) is 2.63. The predicted molar refractivity (Wildman–Crippen MR) is 51.0 cm³/mol. The van der Waals surface area contributed by atoms with Crippen LogP contribution in [0.15, 0.2) is 29.2 Å². The van der Waals surface area contributed by atoms with Gasteiger partial charge >= 0.3 is 7.60 Å². The minimum atomic E-state index is -4.59. The zero-order valence-electron chi connectivity index (χ0n) is 7.27. The molecule has 0 aromatic heterocycles. The van der Waals surface area contributed by atoms with Gasteiger partial charge in [0.05, 0.1) is 5.30 Å². The van der Waals surface area contributed by atoms with E-state index < -0.39 is 27.9 Å². The van der Waals surface area contributed by atoms with Crippen LogP contribution in [0.25, 0.3) is 0 Å². The third-order valence-electron chi connectivity index (χ3n) is 1.59. The van der Waals surface area contributed by atoms with Crippen LogP contribution in [0, 0.1) is 0 Å². The lowest BCUT2D eigenvalue weighted by atomic mass is 10.4. The summed E-state index contributed by atoms with van der Waals surface area (Å²) >= 11 is 0. The number of hydrogen-bond donors (Lipinski definition) is 3. The molecule has 0 saturated carbocycles. The normalized spacial score (nSPS) is 15.9. The highest BCUT2D eigenvalue weighted by atomic mass is 32.2. The van der Waals surface area contributed by atoms with E-state index >= 15 is 0 Å². The lowest BCUT2D eigenvalue weighted by molar-refractivity contribution is 0.278. The van der Waals surface area contributed by atoms with E-state index in [9.17, 15) is 17.9 Å². The van der Waals surface area contributed by atoms with Crippen molar-refractivity contribution in [2.75, 3.05) is 0 Å². The van der Waals surface area contributed by atoms with Crippen LogP contribution in [0.5, 0.6) is 0 Å². The molecule has 0 aliphatic heterocycles. The summed E-state index contributed by atoms with van der Waals surface area (Å²) in [6.07, 6.45) is 0. The SMILES string of the molecule is NOP(=O)(O)c1ccccc1S(=O)(=O)O. The predicted octanol–water partition coefficient (Wildman–Crippen LogP) is -0.366. The molecular formula is C6H8NO6PS. The van der Waals surface area contributed by atoms with E-state index in [4.69, 9.17) is 4.55 Å². The highest BCUT2D eigenvalue weighted by molar-refractivity contribution is 7.86. The molecule has 7 nitrogen and oxygen atoms in total. The van der Waals surface area contributed by atoms with Crippen LogP contribution >= 0.6 is 7.60 Å². The summed E-state index contributed by atoms with van der Waals surface area (Å²) in [5, 5.41) is -0.574. The molecule has 1 rings (SSSR count). The fraction of sp³-hybridized carbons (Fsp3) is 0. The molecule has 0 spiro atoms. The molecule has 4 N–H and O–H groups in total. The van der Waals surface area contributed by atoms with Crippen molar-refractivity contribution in [2.45, 2.75) is 4.90 Å². The van der Waals surface area contributed by atoms with Crippen molar-refractivity contribution in [1.29, 1.82) is 0 Å². The minimum Gasteiger partial charge on any atom is -0.320 e. The molecule has 0 amide bonds. The van der Waals surface area contributed by atoms with Gasteiger partial charge in [-0.05, 0) is 12.1 Å². The van der Waals surface area contributed by atoms with Crippen LogP contribution < -0.4 is 11.2 Å². The quantitative estimate of drug-likeness (QED) is 0.381. The van der Waals surface area contributed by atoms with Gasteiger partial charge in [0.1, 0.15) is 4.90 Å². The van der Waals surface area contributed by atoms with E-state index in [2.05, 4.69) is 10.5 Å². The van der Waals surface area contributed by atoms with Gasteiger partial charge in [0.25, 0.3) is 10.1 Å². The van der Waals surface area contributed by atoms with Gasteiger partial charge in [-0.25, -0.2) is 10.5 Å². The Hall–Kier alpha value is -0.760. The van der Waals surface area contributed by atoms with Gasteiger partial charge in [0.15, 0.2) is 0 Å². The van der Waals surface area contributed by atoms with Gasteiger partial charge in [-0.1, -0.05) is 12.1 Å². The average Bonchev–Trinajstić information content (AvgIpc) is 2.16. The van der Waals surface area contributed by atoms with Crippen molar-refractivity contribution in [1.82, 2.24) is 0 Å². The smallest absolute Gasteiger partial charge is 0.320 e. The fourth-order valence-electron chi connectivity index (χ4n) is 0.966. The van der Waals surface area contributed by atoms with Crippen molar-refractivity contribution in [3.05, 3.63) is 24.3 Å². The zero-order valence-corrected chi connectivity index (χ0v) is 8.98. The van der Waals surface area contributed by atoms with Crippen molar-refractivity contribution < 1.29 is 27.1 Å². The van der Waals surface area contributed by atoms with Gasteiger partial charge in [-0.15, -0.1) is 0 Å². The third-order valence-corrected chi connectivity index (χ3v) is 3.94. The maximum Gasteiger partial charge on any atom is 0.376 e. The molecule has 1 atom stereocenters. The summed E-state index contributed by atoms with van der Waals surface area (Å²) in [4.78, 5) is 8.46. The highest BCUT2D eigenvalue weighted by Crippen LogP contribution is 2.40. The first-order valence-electron chi connectivity index (χ1n) is 3.57. The number of benzene rings is 1. The van der Waals surface area contributed by atoms with Gasteiger partial charge < -0.3 is 4.89 Å². The first-order valence-corrected chi connectivity index (χ1v) is 6.59. The average molecular weight is 253 g/mol. The van der Waals surface area contributed by atoms with E-state index in [0.717, 1.165) is 12.1 Å². The molecule has 0 radical (unpaired) electrons.